The first-order chi connectivity index (χ1) is 13.5. The van der Waals surface area contributed by atoms with E-state index in [1.54, 1.807) is 6.07 Å². The number of guanidine groups is 1. The number of hydrogen-bond donors (Lipinski definition) is 2. The van der Waals surface area contributed by atoms with Crippen LogP contribution in [0.15, 0.2) is 23.2 Å². The van der Waals surface area contributed by atoms with Crippen LogP contribution >= 0.6 is 35.6 Å². The molecule has 0 radical (unpaired) electrons. The molecule has 0 bridgehead atoms. The molecule has 29 heavy (non-hydrogen) atoms. The predicted molar refractivity (Wildman–Crippen MR) is 125 cm³/mol. The van der Waals surface area contributed by atoms with Crippen molar-refractivity contribution in [3.63, 3.8) is 0 Å². The summed E-state index contributed by atoms with van der Waals surface area (Å²) in [4.78, 5) is 9.35. The van der Waals surface area contributed by atoms with Gasteiger partial charge < -0.3 is 20.3 Å². The van der Waals surface area contributed by atoms with Gasteiger partial charge in [0.1, 0.15) is 5.75 Å². The molecule has 1 heterocycles. The van der Waals surface area contributed by atoms with Gasteiger partial charge >= 0.3 is 6.61 Å². The maximum atomic E-state index is 12.6. The van der Waals surface area contributed by atoms with Crippen LogP contribution in [0.2, 0.25) is 5.02 Å². The largest absolute Gasteiger partial charge is 0.434 e. The van der Waals surface area contributed by atoms with Crippen molar-refractivity contribution in [3.05, 3.63) is 28.8 Å². The topological polar surface area (TPSA) is 52.1 Å². The second kappa shape index (κ2) is 14.2. The number of alkyl halides is 2. The summed E-state index contributed by atoms with van der Waals surface area (Å²) in [6, 6.07) is 4.56. The molecule has 1 aliphatic rings. The third kappa shape index (κ3) is 9.63. The highest BCUT2D eigenvalue weighted by atomic mass is 127. The van der Waals surface area contributed by atoms with Gasteiger partial charge in [-0.2, -0.15) is 8.78 Å². The van der Waals surface area contributed by atoms with Gasteiger partial charge in [-0.05, 0) is 31.7 Å². The summed E-state index contributed by atoms with van der Waals surface area (Å²) >= 11 is 5.99. The molecule has 166 valence electrons. The van der Waals surface area contributed by atoms with Crippen LogP contribution < -0.4 is 15.4 Å². The molecule has 6 nitrogen and oxygen atoms in total. The van der Waals surface area contributed by atoms with E-state index in [0.29, 0.717) is 23.1 Å². The van der Waals surface area contributed by atoms with E-state index in [4.69, 9.17) is 11.6 Å². The third-order valence-corrected chi connectivity index (χ3v) is 4.86. The fraction of sp³-hybridized carbons (Fsp3) is 0.632. The molecule has 1 aromatic rings. The van der Waals surface area contributed by atoms with Gasteiger partial charge in [0.05, 0.1) is 6.54 Å². The van der Waals surface area contributed by atoms with Gasteiger partial charge in [0.15, 0.2) is 5.96 Å². The number of aliphatic imine (C=N–C) groups is 1. The Kier molecular flexibility index (Phi) is 12.8. The van der Waals surface area contributed by atoms with Gasteiger partial charge in [-0.25, -0.2) is 4.99 Å². The molecule has 2 rings (SSSR count). The minimum Gasteiger partial charge on any atom is -0.434 e. The average Bonchev–Trinajstić information content (AvgIpc) is 2.68. The molecule has 1 aliphatic heterocycles. The molecule has 1 aromatic carbocycles. The lowest BCUT2D eigenvalue weighted by Crippen LogP contribution is -2.49. The molecule has 0 aliphatic carbocycles. The number of ether oxygens (including phenoxy) is 1. The van der Waals surface area contributed by atoms with E-state index in [1.807, 2.05) is 6.92 Å². The van der Waals surface area contributed by atoms with E-state index in [9.17, 15) is 8.78 Å². The van der Waals surface area contributed by atoms with Crippen molar-refractivity contribution in [2.45, 2.75) is 27.0 Å². The van der Waals surface area contributed by atoms with E-state index in [2.05, 4.69) is 37.1 Å². The van der Waals surface area contributed by atoms with Crippen LogP contribution in [-0.4, -0.2) is 74.7 Å². The van der Waals surface area contributed by atoms with Crippen LogP contribution in [0.25, 0.3) is 0 Å². The first kappa shape index (κ1) is 26.1. The Balaban J connectivity index is 0.00000420. The molecule has 0 spiro atoms. The standard InChI is InChI=1S/C19H30ClF2N5O.HI/c1-3-23-19(24-7-8-27-11-9-26(4-2)10-12-27)25-14-15-13-16(20)5-6-17(15)28-18(21)22;/h5-6,13,18H,3-4,7-12,14H2,1-2H3,(H2,23,24,25);1H. The maximum absolute atomic E-state index is 12.6. The molecular weight excluding hydrogens is 515 g/mol. The summed E-state index contributed by atoms with van der Waals surface area (Å²) in [5.41, 5.74) is 0.515. The van der Waals surface area contributed by atoms with Crippen LogP contribution in [-0.2, 0) is 6.54 Å². The average molecular weight is 546 g/mol. The summed E-state index contributed by atoms with van der Waals surface area (Å²) in [5.74, 6) is 0.727. The summed E-state index contributed by atoms with van der Waals surface area (Å²) in [6.45, 7) is 9.31. The van der Waals surface area contributed by atoms with Crippen LogP contribution in [0.3, 0.4) is 0 Å². The number of piperazine rings is 1. The smallest absolute Gasteiger partial charge is 0.387 e. The van der Waals surface area contributed by atoms with E-state index >= 15 is 0 Å². The van der Waals surface area contributed by atoms with Crippen LogP contribution in [0.4, 0.5) is 8.78 Å². The minimum absolute atomic E-state index is 0. The molecule has 1 saturated heterocycles. The van der Waals surface area contributed by atoms with Crippen molar-refractivity contribution in [2.24, 2.45) is 4.99 Å². The lowest BCUT2D eigenvalue weighted by atomic mass is 10.2. The van der Waals surface area contributed by atoms with Gasteiger partial charge in [-0.1, -0.05) is 18.5 Å². The first-order valence-corrected chi connectivity index (χ1v) is 10.1. The highest BCUT2D eigenvalue weighted by Crippen LogP contribution is 2.25. The lowest BCUT2D eigenvalue weighted by Gasteiger charge is -2.34. The lowest BCUT2D eigenvalue weighted by molar-refractivity contribution is -0.0504. The molecule has 0 unspecified atom stereocenters. The van der Waals surface area contributed by atoms with Crippen molar-refractivity contribution in [1.82, 2.24) is 20.4 Å². The summed E-state index contributed by atoms with van der Waals surface area (Å²) < 4.78 is 29.7. The number of likely N-dealkylation sites (N-methyl/N-ethyl adjacent to an activating group) is 1. The maximum Gasteiger partial charge on any atom is 0.387 e. The summed E-state index contributed by atoms with van der Waals surface area (Å²) in [5, 5.41) is 6.93. The van der Waals surface area contributed by atoms with Crippen LogP contribution in [0.5, 0.6) is 5.75 Å². The quantitative estimate of drug-likeness (QED) is 0.284. The molecule has 1 fully saturated rings. The molecule has 2 N–H and O–H groups in total. The SMILES string of the molecule is CCNC(=NCc1cc(Cl)ccc1OC(F)F)NCCN1CCN(CC)CC1.I. The number of benzene rings is 1. The number of rotatable bonds is 9. The Morgan fingerprint density at radius 2 is 1.86 bits per heavy atom. The van der Waals surface area contributed by atoms with Gasteiger partial charge in [0, 0.05) is 56.4 Å². The Labute approximate surface area is 194 Å². The van der Waals surface area contributed by atoms with Crippen LogP contribution in [0, 0.1) is 0 Å². The second-order valence-electron chi connectivity index (χ2n) is 6.53. The highest BCUT2D eigenvalue weighted by molar-refractivity contribution is 14.0. The molecular formula is C19H31ClF2IN5O. The van der Waals surface area contributed by atoms with Crippen molar-refractivity contribution in [3.8, 4) is 5.75 Å². The number of halogens is 4. The van der Waals surface area contributed by atoms with E-state index in [0.717, 1.165) is 45.8 Å². The summed E-state index contributed by atoms with van der Waals surface area (Å²) in [6.07, 6.45) is 0. The Bertz CT molecular complexity index is 631. The van der Waals surface area contributed by atoms with E-state index in [-0.39, 0.29) is 36.3 Å². The van der Waals surface area contributed by atoms with Gasteiger partial charge in [0.2, 0.25) is 0 Å². The first-order valence-electron chi connectivity index (χ1n) is 9.72. The molecule has 0 amide bonds. The second-order valence-corrected chi connectivity index (χ2v) is 6.96. The van der Waals surface area contributed by atoms with Crippen molar-refractivity contribution in [2.75, 3.05) is 52.4 Å². The van der Waals surface area contributed by atoms with E-state index in [1.165, 1.54) is 12.1 Å². The van der Waals surface area contributed by atoms with Gasteiger partial charge in [0.25, 0.3) is 0 Å². The number of nitrogens with zero attached hydrogens (tertiary/aromatic N) is 3. The van der Waals surface area contributed by atoms with Crippen molar-refractivity contribution in [1.29, 1.82) is 0 Å². The third-order valence-electron chi connectivity index (χ3n) is 4.62. The Hall–Kier alpha value is -0.910. The molecule has 0 saturated carbocycles. The van der Waals surface area contributed by atoms with E-state index < -0.39 is 6.61 Å². The summed E-state index contributed by atoms with van der Waals surface area (Å²) in [7, 11) is 0. The Morgan fingerprint density at radius 1 is 1.17 bits per heavy atom. The Morgan fingerprint density at radius 3 is 2.48 bits per heavy atom. The normalized spacial score (nSPS) is 15.9. The monoisotopic (exact) mass is 545 g/mol. The van der Waals surface area contributed by atoms with Crippen LogP contribution in [0.1, 0.15) is 19.4 Å². The molecule has 10 heteroatoms. The molecule has 0 atom stereocenters. The van der Waals surface area contributed by atoms with Crippen molar-refractivity contribution < 1.29 is 13.5 Å². The molecule has 0 aromatic heterocycles. The highest BCUT2D eigenvalue weighted by Gasteiger charge is 2.15. The minimum atomic E-state index is -2.89. The zero-order valence-electron chi connectivity index (χ0n) is 17.0. The predicted octanol–water partition coefficient (Wildman–Crippen LogP) is 3.25. The zero-order chi connectivity index (χ0) is 20.4. The van der Waals surface area contributed by atoms with Gasteiger partial charge in [-0.15, -0.1) is 24.0 Å². The fourth-order valence-electron chi connectivity index (χ4n) is 3.05. The number of nitrogens with one attached hydrogen (secondary N) is 2. The zero-order valence-corrected chi connectivity index (χ0v) is 20.1. The number of hydrogen-bond acceptors (Lipinski definition) is 4. The fourth-order valence-corrected chi connectivity index (χ4v) is 3.24. The van der Waals surface area contributed by atoms with Crippen molar-refractivity contribution >= 4 is 41.5 Å². The van der Waals surface area contributed by atoms with Gasteiger partial charge in [-0.3, -0.25) is 4.90 Å².